The van der Waals surface area contributed by atoms with Crippen LogP contribution < -0.4 is 10.1 Å². The van der Waals surface area contributed by atoms with E-state index in [1.807, 2.05) is 12.1 Å². The summed E-state index contributed by atoms with van der Waals surface area (Å²) in [5.74, 6) is -0.975. The van der Waals surface area contributed by atoms with Crippen LogP contribution >= 0.6 is 0 Å². The number of hydrogen-bond acceptors (Lipinski definition) is 7. The second-order valence-corrected chi connectivity index (χ2v) is 6.60. The Balaban J connectivity index is 1.44. The minimum Gasteiger partial charge on any atom is -0.489 e. The van der Waals surface area contributed by atoms with E-state index in [0.29, 0.717) is 29.2 Å². The number of rotatable bonds is 9. The third-order valence-electron chi connectivity index (χ3n) is 4.23. The van der Waals surface area contributed by atoms with Crippen LogP contribution in [0.5, 0.6) is 5.75 Å². The Morgan fingerprint density at radius 2 is 1.53 bits per heavy atom. The molecule has 0 saturated heterocycles. The quantitative estimate of drug-likeness (QED) is 0.513. The van der Waals surface area contributed by atoms with Gasteiger partial charge in [0.05, 0.1) is 17.7 Å². The molecule has 0 fully saturated rings. The van der Waals surface area contributed by atoms with Crippen molar-refractivity contribution in [2.45, 2.75) is 13.5 Å². The molecule has 0 aliphatic heterocycles. The standard InChI is InChI=1S/C24H22N2O6/c1-2-30-23(28)18-5-9-20(10-6-18)26-22(27)16-32-24(29)19-7-11-21(12-8-19)31-15-17-4-3-13-25-14-17/h3-14H,2,15-16H2,1H3,(H,26,27). The molecule has 164 valence electrons. The molecule has 1 amide bonds. The lowest BCUT2D eigenvalue weighted by atomic mass is 10.2. The van der Waals surface area contributed by atoms with Crippen LogP contribution in [0.3, 0.4) is 0 Å². The average Bonchev–Trinajstić information content (AvgIpc) is 2.83. The fourth-order valence-corrected chi connectivity index (χ4v) is 2.65. The highest BCUT2D eigenvalue weighted by atomic mass is 16.5. The Kier molecular flexibility index (Phi) is 7.91. The molecular weight excluding hydrogens is 412 g/mol. The highest BCUT2D eigenvalue weighted by Gasteiger charge is 2.12. The van der Waals surface area contributed by atoms with Gasteiger partial charge in [0.1, 0.15) is 12.4 Å². The SMILES string of the molecule is CCOC(=O)c1ccc(NC(=O)COC(=O)c2ccc(OCc3cccnc3)cc2)cc1. The van der Waals surface area contributed by atoms with E-state index in [1.54, 1.807) is 55.7 Å². The van der Waals surface area contributed by atoms with Crippen LogP contribution in [0, 0.1) is 0 Å². The number of anilines is 1. The molecule has 8 nitrogen and oxygen atoms in total. The van der Waals surface area contributed by atoms with E-state index in [4.69, 9.17) is 14.2 Å². The summed E-state index contributed by atoms with van der Waals surface area (Å²) < 4.78 is 15.6. The predicted octanol–water partition coefficient (Wildman–Crippen LogP) is 3.63. The Morgan fingerprint density at radius 3 is 2.16 bits per heavy atom. The van der Waals surface area contributed by atoms with Crippen molar-refractivity contribution < 1.29 is 28.6 Å². The Hall–Kier alpha value is -4.20. The lowest BCUT2D eigenvalue weighted by Gasteiger charge is -2.09. The van der Waals surface area contributed by atoms with Crippen LogP contribution in [0.2, 0.25) is 0 Å². The van der Waals surface area contributed by atoms with Gasteiger partial charge in [-0.05, 0) is 61.5 Å². The summed E-state index contributed by atoms with van der Waals surface area (Å²) in [5, 5.41) is 2.59. The van der Waals surface area contributed by atoms with Crippen molar-refractivity contribution in [2.24, 2.45) is 0 Å². The van der Waals surface area contributed by atoms with Crippen molar-refractivity contribution in [2.75, 3.05) is 18.5 Å². The van der Waals surface area contributed by atoms with Gasteiger partial charge >= 0.3 is 11.9 Å². The van der Waals surface area contributed by atoms with Gasteiger partial charge in [-0.3, -0.25) is 9.78 Å². The number of aromatic nitrogens is 1. The zero-order valence-electron chi connectivity index (χ0n) is 17.4. The number of carbonyl (C=O) groups excluding carboxylic acids is 3. The Labute approximate surface area is 185 Å². The van der Waals surface area contributed by atoms with Crippen molar-refractivity contribution in [1.29, 1.82) is 0 Å². The van der Waals surface area contributed by atoms with Gasteiger partial charge < -0.3 is 19.5 Å². The van der Waals surface area contributed by atoms with Crippen LogP contribution in [0.25, 0.3) is 0 Å². The Bertz CT molecular complexity index is 1050. The molecule has 0 atom stereocenters. The summed E-state index contributed by atoms with van der Waals surface area (Å²) in [5.41, 5.74) is 2.07. The van der Waals surface area contributed by atoms with Crippen LogP contribution in [0.15, 0.2) is 73.1 Å². The van der Waals surface area contributed by atoms with E-state index in [2.05, 4.69) is 10.3 Å². The number of ether oxygens (including phenoxy) is 3. The van der Waals surface area contributed by atoms with Crippen LogP contribution in [-0.4, -0.2) is 36.0 Å². The smallest absolute Gasteiger partial charge is 0.338 e. The fourth-order valence-electron chi connectivity index (χ4n) is 2.65. The summed E-state index contributed by atoms with van der Waals surface area (Å²) in [4.78, 5) is 39.9. The molecular formula is C24H22N2O6. The minimum atomic E-state index is -0.628. The molecule has 0 aliphatic rings. The fraction of sp³-hybridized carbons (Fsp3) is 0.167. The van der Waals surface area contributed by atoms with Gasteiger partial charge in [0.25, 0.3) is 5.91 Å². The summed E-state index contributed by atoms with van der Waals surface area (Å²) >= 11 is 0. The number of nitrogens with zero attached hydrogens (tertiary/aromatic N) is 1. The average molecular weight is 434 g/mol. The lowest BCUT2D eigenvalue weighted by Crippen LogP contribution is -2.21. The maximum absolute atomic E-state index is 12.2. The molecule has 2 aromatic carbocycles. The number of esters is 2. The highest BCUT2D eigenvalue weighted by molar-refractivity contribution is 5.96. The second kappa shape index (κ2) is 11.3. The maximum Gasteiger partial charge on any atom is 0.338 e. The van der Waals surface area contributed by atoms with E-state index in [1.165, 1.54) is 12.1 Å². The predicted molar refractivity (Wildman–Crippen MR) is 116 cm³/mol. The van der Waals surface area contributed by atoms with Gasteiger partial charge in [-0.15, -0.1) is 0 Å². The molecule has 3 rings (SSSR count). The van der Waals surface area contributed by atoms with Crippen molar-refractivity contribution in [3.05, 3.63) is 89.7 Å². The van der Waals surface area contributed by atoms with Crippen molar-refractivity contribution in [3.63, 3.8) is 0 Å². The first-order valence-corrected chi connectivity index (χ1v) is 9.91. The molecule has 0 bridgehead atoms. The molecule has 0 radical (unpaired) electrons. The van der Waals surface area contributed by atoms with Gasteiger partial charge in [-0.25, -0.2) is 9.59 Å². The van der Waals surface area contributed by atoms with E-state index in [9.17, 15) is 14.4 Å². The van der Waals surface area contributed by atoms with Gasteiger partial charge in [-0.2, -0.15) is 0 Å². The number of benzene rings is 2. The van der Waals surface area contributed by atoms with Crippen molar-refractivity contribution in [3.8, 4) is 5.75 Å². The maximum atomic E-state index is 12.2. The van der Waals surface area contributed by atoms with Crippen LogP contribution in [-0.2, 0) is 20.9 Å². The van der Waals surface area contributed by atoms with E-state index >= 15 is 0 Å². The molecule has 32 heavy (non-hydrogen) atoms. The van der Waals surface area contributed by atoms with E-state index < -0.39 is 24.5 Å². The number of pyridine rings is 1. The first-order valence-electron chi connectivity index (χ1n) is 9.91. The first-order chi connectivity index (χ1) is 15.5. The largest absolute Gasteiger partial charge is 0.489 e. The van der Waals surface area contributed by atoms with E-state index in [0.717, 1.165) is 5.56 Å². The molecule has 1 N–H and O–H groups in total. The highest BCUT2D eigenvalue weighted by Crippen LogP contribution is 2.15. The second-order valence-electron chi connectivity index (χ2n) is 6.60. The summed E-state index contributed by atoms with van der Waals surface area (Å²) in [6, 6.07) is 16.4. The monoisotopic (exact) mass is 434 g/mol. The molecule has 0 saturated carbocycles. The van der Waals surface area contributed by atoms with Crippen LogP contribution in [0.1, 0.15) is 33.2 Å². The number of carbonyl (C=O) groups is 3. The topological polar surface area (TPSA) is 104 Å². The zero-order valence-corrected chi connectivity index (χ0v) is 17.4. The summed E-state index contributed by atoms with van der Waals surface area (Å²) in [6.45, 7) is 1.92. The molecule has 1 aromatic heterocycles. The molecule has 8 heteroatoms. The molecule has 0 aliphatic carbocycles. The molecule has 0 spiro atoms. The van der Waals surface area contributed by atoms with Crippen molar-refractivity contribution >= 4 is 23.5 Å². The lowest BCUT2D eigenvalue weighted by molar-refractivity contribution is -0.119. The molecule has 0 unspecified atom stereocenters. The summed E-state index contributed by atoms with van der Waals surface area (Å²) in [7, 11) is 0. The van der Waals surface area contributed by atoms with Gasteiger partial charge in [0.15, 0.2) is 6.61 Å². The van der Waals surface area contributed by atoms with Gasteiger partial charge in [0, 0.05) is 23.6 Å². The number of amides is 1. The third-order valence-corrected chi connectivity index (χ3v) is 4.23. The normalized spacial score (nSPS) is 10.2. The van der Waals surface area contributed by atoms with E-state index in [-0.39, 0.29) is 6.61 Å². The van der Waals surface area contributed by atoms with Crippen molar-refractivity contribution in [1.82, 2.24) is 4.98 Å². The zero-order chi connectivity index (χ0) is 22.8. The van der Waals surface area contributed by atoms with Gasteiger partial charge in [-0.1, -0.05) is 6.07 Å². The number of hydrogen-bond donors (Lipinski definition) is 1. The molecule has 3 aromatic rings. The summed E-state index contributed by atoms with van der Waals surface area (Å²) in [6.07, 6.45) is 3.40. The van der Waals surface area contributed by atoms with Gasteiger partial charge in [0.2, 0.25) is 0 Å². The number of nitrogens with one attached hydrogen (secondary N) is 1. The Morgan fingerprint density at radius 1 is 0.875 bits per heavy atom. The molecule has 1 heterocycles. The van der Waals surface area contributed by atoms with Crippen LogP contribution in [0.4, 0.5) is 5.69 Å². The third kappa shape index (κ3) is 6.66. The minimum absolute atomic E-state index is 0.282. The first kappa shape index (κ1) is 22.5.